The maximum absolute atomic E-state index is 11.0. The third-order valence-electron chi connectivity index (χ3n) is 1.55. The molecule has 0 unspecified atom stereocenters. The molecule has 0 saturated carbocycles. The highest BCUT2D eigenvalue weighted by molar-refractivity contribution is 6.33. The van der Waals surface area contributed by atoms with E-state index < -0.39 is 0 Å². The number of ketones is 1. The molecule has 1 rings (SSSR count). The zero-order valence-corrected chi connectivity index (χ0v) is 7.26. The van der Waals surface area contributed by atoms with Crippen molar-refractivity contribution in [3.8, 4) is 0 Å². The van der Waals surface area contributed by atoms with E-state index in [1.807, 2.05) is 0 Å². The van der Waals surface area contributed by atoms with Crippen LogP contribution in [0.4, 0.5) is 0 Å². The van der Waals surface area contributed by atoms with E-state index in [0.29, 0.717) is 16.9 Å². The van der Waals surface area contributed by atoms with Crippen LogP contribution in [0.5, 0.6) is 0 Å². The van der Waals surface area contributed by atoms with Gasteiger partial charge in [-0.1, -0.05) is 23.7 Å². The zero-order valence-electron chi connectivity index (χ0n) is 6.50. The largest absolute Gasteiger partial charge is 0.298 e. The number of rotatable bonds is 2. The van der Waals surface area contributed by atoms with Crippen molar-refractivity contribution in [3.63, 3.8) is 0 Å². The highest BCUT2D eigenvalue weighted by Gasteiger charge is 2.08. The first-order valence-electron chi connectivity index (χ1n) is 3.41. The van der Waals surface area contributed by atoms with E-state index in [4.69, 9.17) is 11.6 Å². The molecule has 0 radical (unpaired) electrons. The second kappa shape index (κ2) is 3.50. The minimum atomic E-state index is -0.153. The van der Waals surface area contributed by atoms with Gasteiger partial charge in [0.15, 0.2) is 12.1 Å². The number of hydrogen-bond acceptors (Lipinski definition) is 2. The van der Waals surface area contributed by atoms with Crippen molar-refractivity contribution in [2.45, 2.75) is 6.92 Å². The molecule has 0 aromatic heterocycles. The lowest BCUT2D eigenvalue weighted by Crippen LogP contribution is -1.98. The van der Waals surface area contributed by atoms with Gasteiger partial charge in [-0.3, -0.25) is 9.59 Å². The van der Waals surface area contributed by atoms with Crippen LogP contribution in [-0.2, 0) is 0 Å². The molecule has 0 amide bonds. The van der Waals surface area contributed by atoms with Crippen LogP contribution in [0.25, 0.3) is 0 Å². The van der Waals surface area contributed by atoms with Gasteiger partial charge in [-0.25, -0.2) is 0 Å². The lowest BCUT2D eigenvalue weighted by atomic mass is 10.1. The predicted molar refractivity (Wildman–Crippen MR) is 46.8 cm³/mol. The number of halogens is 1. The van der Waals surface area contributed by atoms with Crippen LogP contribution >= 0.6 is 11.6 Å². The molecule has 2 nitrogen and oxygen atoms in total. The quantitative estimate of drug-likeness (QED) is 0.520. The number of carbonyl (C=O) groups excluding carboxylic acids is 2. The molecular weight excluding hydrogens is 176 g/mol. The molecule has 0 heterocycles. The summed E-state index contributed by atoms with van der Waals surface area (Å²) in [5, 5.41) is 0.317. The summed E-state index contributed by atoms with van der Waals surface area (Å²) in [4.78, 5) is 21.5. The molecule has 0 atom stereocenters. The molecule has 0 aliphatic rings. The fourth-order valence-corrected chi connectivity index (χ4v) is 1.18. The van der Waals surface area contributed by atoms with Crippen LogP contribution in [-0.4, -0.2) is 12.1 Å². The second-order valence-corrected chi connectivity index (χ2v) is 2.78. The lowest BCUT2D eigenvalue weighted by molar-refractivity contribution is 0.101. The zero-order chi connectivity index (χ0) is 9.14. The molecule has 0 N–H and O–H groups in total. The molecule has 1 aromatic rings. The van der Waals surface area contributed by atoms with Crippen molar-refractivity contribution >= 4 is 23.7 Å². The summed E-state index contributed by atoms with van der Waals surface area (Å²) in [6.45, 7) is 1.40. The van der Waals surface area contributed by atoms with Gasteiger partial charge in [0.2, 0.25) is 0 Å². The number of carbonyl (C=O) groups is 2. The highest BCUT2D eigenvalue weighted by Crippen LogP contribution is 2.18. The third-order valence-corrected chi connectivity index (χ3v) is 1.88. The van der Waals surface area contributed by atoms with Gasteiger partial charge in [0, 0.05) is 11.1 Å². The summed E-state index contributed by atoms with van der Waals surface area (Å²) < 4.78 is 0. The Morgan fingerprint density at radius 3 is 2.58 bits per heavy atom. The molecule has 1 aromatic carbocycles. The number of aldehydes is 1. The van der Waals surface area contributed by atoms with Gasteiger partial charge in [-0.15, -0.1) is 0 Å². The van der Waals surface area contributed by atoms with Crippen LogP contribution in [0.2, 0.25) is 5.02 Å². The van der Waals surface area contributed by atoms with E-state index in [1.165, 1.54) is 6.92 Å². The number of Topliss-reactive ketones (excluding diaryl/α,β-unsaturated/α-hetero) is 1. The van der Waals surface area contributed by atoms with E-state index in [-0.39, 0.29) is 11.3 Å². The van der Waals surface area contributed by atoms with Crippen molar-refractivity contribution in [1.82, 2.24) is 0 Å². The Morgan fingerprint density at radius 1 is 1.50 bits per heavy atom. The molecule has 62 valence electrons. The van der Waals surface area contributed by atoms with Crippen LogP contribution in [0.3, 0.4) is 0 Å². The second-order valence-electron chi connectivity index (χ2n) is 2.38. The Morgan fingerprint density at radius 2 is 2.17 bits per heavy atom. The third kappa shape index (κ3) is 1.53. The molecule has 3 heteroatoms. The molecule has 0 fully saturated rings. The Labute approximate surface area is 75.2 Å². The Bertz CT molecular complexity index is 331. The number of benzene rings is 1. The SMILES string of the molecule is CC(=O)c1cccc(Cl)c1C=O. The fourth-order valence-electron chi connectivity index (χ4n) is 0.964. The summed E-state index contributed by atoms with van der Waals surface area (Å²) in [7, 11) is 0. The minimum absolute atomic E-state index is 0.153. The summed E-state index contributed by atoms with van der Waals surface area (Å²) in [6.07, 6.45) is 0.596. The van der Waals surface area contributed by atoms with Crippen molar-refractivity contribution in [2.75, 3.05) is 0 Å². The van der Waals surface area contributed by atoms with Gasteiger partial charge >= 0.3 is 0 Å². The Hall–Kier alpha value is -1.15. The van der Waals surface area contributed by atoms with E-state index >= 15 is 0 Å². The summed E-state index contributed by atoms with van der Waals surface area (Å²) in [5.74, 6) is -0.153. The maximum Gasteiger partial charge on any atom is 0.160 e. The van der Waals surface area contributed by atoms with Crippen LogP contribution < -0.4 is 0 Å². The number of hydrogen-bond donors (Lipinski definition) is 0. The van der Waals surface area contributed by atoms with Gasteiger partial charge in [0.05, 0.1) is 5.02 Å². The smallest absolute Gasteiger partial charge is 0.160 e. The molecule has 0 aliphatic carbocycles. The first-order valence-corrected chi connectivity index (χ1v) is 3.79. The van der Waals surface area contributed by atoms with E-state index in [0.717, 1.165) is 0 Å². The normalized spacial score (nSPS) is 9.50. The lowest BCUT2D eigenvalue weighted by Gasteiger charge is -2.00. The topological polar surface area (TPSA) is 34.1 Å². The van der Waals surface area contributed by atoms with Crippen LogP contribution in [0.1, 0.15) is 27.6 Å². The predicted octanol–water partition coefficient (Wildman–Crippen LogP) is 2.36. The molecule has 0 aliphatic heterocycles. The van der Waals surface area contributed by atoms with Crippen molar-refractivity contribution in [3.05, 3.63) is 34.3 Å². The first kappa shape index (κ1) is 8.94. The highest BCUT2D eigenvalue weighted by atomic mass is 35.5. The first-order chi connectivity index (χ1) is 5.66. The van der Waals surface area contributed by atoms with Crippen molar-refractivity contribution in [2.24, 2.45) is 0 Å². The van der Waals surface area contributed by atoms with Crippen molar-refractivity contribution < 1.29 is 9.59 Å². The van der Waals surface area contributed by atoms with Gasteiger partial charge in [0.1, 0.15) is 0 Å². The standard InChI is InChI=1S/C9H7ClO2/c1-6(12)7-3-2-4-9(10)8(7)5-11/h2-5H,1H3. The molecular formula is C9H7ClO2. The molecule has 12 heavy (non-hydrogen) atoms. The average Bonchev–Trinajstić information content (AvgIpc) is 2.03. The van der Waals surface area contributed by atoms with Crippen LogP contribution in [0, 0.1) is 0 Å². The summed E-state index contributed by atoms with van der Waals surface area (Å²) in [6, 6.07) is 4.81. The van der Waals surface area contributed by atoms with Crippen molar-refractivity contribution in [1.29, 1.82) is 0 Å². The fraction of sp³-hybridized carbons (Fsp3) is 0.111. The van der Waals surface area contributed by atoms with Crippen LogP contribution in [0.15, 0.2) is 18.2 Å². The average molecular weight is 183 g/mol. The molecule has 0 saturated heterocycles. The van der Waals surface area contributed by atoms with Gasteiger partial charge in [0.25, 0.3) is 0 Å². The van der Waals surface area contributed by atoms with E-state index in [2.05, 4.69) is 0 Å². The Balaban J connectivity index is 3.37. The molecule has 0 spiro atoms. The minimum Gasteiger partial charge on any atom is -0.298 e. The van der Waals surface area contributed by atoms with Gasteiger partial charge < -0.3 is 0 Å². The monoisotopic (exact) mass is 182 g/mol. The maximum atomic E-state index is 11.0. The molecule has 0 bridgehead atoms. The Kier molecular flexibility index (Phi) is 2.61. The summed E-state index contributed by atoms with van der Waals surface area (Å²) in [5.41, 5.74) is 0.643. The van der Waals surface area contributed by atoms with Gasteiger partial charge in [-0.05, 0) is 13.0 Å². The van der Waals surface area contributed by atoms with E-state index in [1.54, 1.807) is 18.2 Å². The van der Waals surface area contributed by atoms with E-state index in [9.17, 15) is 9.59 Å². The summed E-state index contributed by atoms with van der Waals surface area (Å²) >= 11 is 5.69. The van der Waals surface area contributed by atoms with Gasteiger partial charge in [-0.2, -0.15) is 0 Å².